The fourth-order valence-corrected chi connectivity index (χ4v) is 4.92. The molecule has 2 aliphatic carbocycles. The first-order valence-corrected chi connectivity index (χ1v) is 9.36. The van der Waals surface area contributed by atoms with E-state index in [9.17, 15) is 0 Å². The summed E-state index contributed by atoms with van der Waals surface area (Å²) in [5.41, 5.74) is 3.44. The summed E-state index contributed by atoms with van der Waals surface area (Å²) >= 11 is 0. The molecule has 2 aliphatic heterocycles. The standard InChI is InChI=1S/C21H26N2O/c1-2-4-19(5-3-1)23-15-18-14-21(18,16-23)17-6-8-20(9-7-17)22-10-12-24-13-11-22/h1-8,18,20H,9-16H2. The Hall–Kier alpha value is -1.58. The highest BCUT2D eigenvalue weighted by molar-refractivity contribution is 5.53. The molecule has 1 aromatic carbocycles. The fourth-order valence-electron chi connectivity index (χ4n) is 4.92. The molecule has 1 aromatic rings. The topological polar surface area (TPSA) is 15.7 Å². The van der Waals surface area contributed by atoms with Crippen LogP contribution in [0.15, 0.2) is 54.1 Å². The van der Waals surface area contributed by atoms with Gasteiger partial charge in [0.05, 0.1) is 13.2 Å². The highest BCUT2D eigenvalue weighted by Gasteiger charge is 2.61. The Kier molecular flexibility index (Phi) is 3.53. The summed E-state index contributed by atoms with van der Waals surface area (Å²) in [6.45, 7) is 6.35. The van der Waals surface area contributed by atoms with Crippen molar-refractivity contribution < 1.29 is 4.74 Å². The molecular formula is C21H26N2O. The number of allylic oxidation sites excluding steroid dienone is 1. The van der Waals surface area contributed by atoms with E-state index >= 15 is 0 Å². The number of morpholine rings is 1. The van der Waals surface area contributed by atoms with Crippen LogP contribution in [0.4, 0.5) is 5.69 Å². The van der Waals surface area contributed by atoms with Crippen molar-refractivity contribution in [3.05, 3.63) is 54.1 Å². The minimum absolute atomic E-state index is 0.447. The molecule has 0 bridgehead atoms. The van der Waals surface area contributed by atoms with Crippen molar-refractivity contribution in [2.75, 3.05) is 44.3 Å². The normalized spacial score (nSPS) is 35.7. The summed E-state index contributed by atoms with van der Waals surface area (Å²) in [6, 6.07) is 11.5. The predicted molar refractivity (Wildman–Crippen MR) is 97.2 cm³/mol. The summed E-state index contributed by atoms with van der Waals surface area (Å²) < 4.78 is 5.48. The first-order valence-electron chi connectivity index (χ1n) is 9.36. The number of anilines is 1. The van der Waals surface area contributed by atoms with Crippen LogP contribution < -0.4 is 4.90 Å². The quantitative estimate of drug-likeness (QED) is 0.850. The Balaban J connectivity index is 1.27. The van der Waals surface area contributed by atoms with Crippen molar-refractivity contribution in [3.63, 3.8) is 0 Å². The Morgan fingerprint density at radius 2 is 1.92 bits per heavy atom. The van der Waals surface area contributed by atoms with Gasteiger partial charge in [-0.1, -0.05) is 36.4 Å². The van der Waals surface area contributed by atoms with E-state index in [0.717, 1.165) is 32.2 Å². The molecule has 0 N–H and O–H groups in total. The maximum atomic E-state index is 5.48. The van der Waals surface area contributed by atoms with Crippen molar-refractivity contribution in [1.29, 1.82) is 0 Å². The first-order chi connectivity index (χ1) is 11.9. The maximum Gasteiger partial charge on any atom is 0.0594 e. The zero-order valence-corrected chi connectivity index (χ0v) is 14.2. The largest absolute Gasteiger partial charge is 0.379 e. The van der Waals surface area contributed by atoms with Gasteiger partial charge in [0.1, 0.15) is 0 Å². The molecule has 3 heteroatoms. The molecule has 3 unspecified atom stereocenters. The van der Waals surface area contributed by atoms with Crippen LogP contribution >= 0.6 is 0 Å². The lowest BCUT2D eigenvalue weighted by atomic mass is 9.88. The monoisotopic (exact) mass is 322 g/mol. The highest BCUT2D eigenvalue weighted by atomic mass is 16.5. The predicted octanol–water partition coefficient (Wildman–Crippen LogP) is 3.10. The van der Waals surface area contributed by atoms with Gasteiger partial charge < -0.3 is 9.64 Å². The summed E-state index contributed by atoms with van der Waals surface area (Å²) in [4.78, 5) is 5.15. The van der Waals surface area contributed by atoms with Crippen molar-refractivity contribution in [1.82, 2.24) is 4.90 Å². The Morgan fingerprint density at radius 3 is 2.67 bits per heavy atom. The van der Waals surface area contributed by atoms with Crippen LogP contribution in [0.25, 0.3) is 0 Å². The number of ether oxygens (including phenoxy) is 1. The third-order valence-electron chi connectivity index (χ3n) is 6.43. The molecule has 3 atom stereocenters. The van der Waals surface area contributed by atoms with Crippen LogP contribution in [0.5, 0.6) is 0 Å². The van der Waals surface area contributed by atoms with Gasteiger partial charge in [-0.25, -0.2) is 0 Å². The minimum atomic E-state index is 0.447. The summed E-state index contributed by atoms with van der Waals surface area (Å²) in [5, 5.41) is 0. The van der Waals surface area contributed by atoms with Crippen molar-refractivity contribution >= 4 is 5.69 Å². The second-order valence-electron chi connectivity index (χ2n) is 7.74. The fraction of sp³-hybridized carbons (Fsp3) is 0.524. The van der Waals surface area contributed by atoms with Crippen LogP contribution in [-0.4, -0.2) is 50.3 Å². The Bertz CT molecular complexity index is 662. The summed E-state index contributed by atoms with van der Waals surface area (Å²) in [7, 11) is 0. The molecule has 2 saturated heterocycles. The summed E-state index contributed by atoms with van der Waals surface area (Å²) in [5.74, 6) is 0.855. The second kappa shape index (κ2) is 5.75. The van der Waals surface area contributed by atoms with E-state index in [1.807, 2.05) is 0 Å². The first kappa shape index (κ1) is 14.7. The molecule has 3 fully saturated rings. The number of para-hydroxylation sites is 1. The number of nitrogens with zero attached hydrogens (tertiary/aromatic N) is 2. The molecule has 0 radical (unpaired) electrons. The maximum absolute atomic E-state index is 5.48. The van der Waals surface area contributed by atoms with E-state index < -0.39 is 0 Å². The molecule has 0 aromatic heterocycles. The summed E-state index contributed by atoms with van der Waals surface area (Å²) in [6.07, 6.45) is 9.99. The molecule has 126 valence electrons. The lowest BCUT2D eigenvalue weighted by Gasteiger charge is -2.34. The molecule has 2 heterocycles. The molecular weight excluding hydrogens is 296 g/mol. The van der Waals surface area contributed by atoms with E-state index in [1.165, 1.54) is 31.6 Å². The molecule has 0 amide bonds. The number of fused-ring (bicyclic) bond motifs is 1. The van der Waals surface area contributed by atoms with Crippen LogP contribution in [0.2, 0.25) is 0 Å². The van der Waals surface area contributed by atoms with Crippen molar-refractivity contribution in [2.24, 2.45) is 11.3 Å². The molecule has 24 heavy (non-hydrogen) atoms. The SMILES string of the molecule is C1=CC(N2CCOCC2)CC=C1C12CC1CN(c1ccccc1)C2. The van der Waals surface area contributed by atoms with Gasteiger partial charge in [0.25, 0.3) is 0 Å². The molecule has 4 aliphatic rings. The van der Waals surface area contributed by atoms with E-state index in [0.29, 0.717) is 11.5 Å². The Labute approximate surface area is 144 Å². The average molecular weight is 322 g/mol. The average Bonchev–Trinajstić information content (AvgIpc) is 3.24. The van der Waals surface area contributed by atoms with E-state index in [4.69, 9.17) is 4.74 Å². The van der Waals surface area contributed by atoms with Gasteiger partial charge in [-0.3, -0.25) is 4.90 Å². The van der Waals surface area contributed by atoms with E-state index in [1.54, 1.807) is 5.57 Å². The van der Waals surface area contributed by atoms with Crippen LogP contribution in [0.3, 0.4) is 0 Å². The third-order valence-corrected chi connectivity index (χ3v) is 6.43. The lowest BCUT2D eigenvalue weighted by Crippen LogP contribution is -2.43. The number of benzene rings is 1. The van der Waals surface area contributed by atoms with Gasteiger partial charge in [0.2, 0.25) is 0 Å². The molecule has 5 rings (SSSR count). The van der Waals surface area contributed by atoms with Gasteiger partial charge >= 0.3 is 0 Å². The third kappa shape index (κ3) is 2.42. The molecule has 3 nitrogen and oxygen atoms in total. The smallest absolute Gasteiger partial charge is 0.0594 e. The van der Waals surface area contributed by atoms with E-state index in [2.05, 4.69) is 58.4 Å². The van der Waals surface area contributed by atoms with Crippen LogP contribution in [-0.2, 0) is 4.74 Å². The van der Waals surface area contributed by atoms with Crippen LogP contribution in [0.1, 0.15) is 12.8 Å². The second-order valence-corrected chi connectivity index (χ2v) is 7.74. The number of rotatable bonds is 3. The van der Waals surface area contributed by atoms with Gasteiger partial charge in [0.15, 0.2) is 0 Å². The zero-order valence-electron chi connectivity index (χ0n) is 14.2. The van der Waals surface area contributed by atoms with Gasteiger partial charge in [-0.2, -0.15) is 0 Å². The Morgan fingerprint density at radius 1 is 1.08 bits per heavy atom. The number of piperidine rings is 1. The molecule has 0 spiro atoms. The van der Waals surface area contributed by atoms with E-state index in [-0.39, 0.29) is 0 Å². The van der Waals surface area contributed by atoms with Gasteiger partial charge in [-0.05, 0) is 36.5 Å². The van der Waals surface area contributed by atoms with Crippen LogP contribution in [0, 0.1) is 11.3 Å². The van der Waals surface area contributed by atoms with Crippen molar-refractivity contribution in [3.8, 4) is 0 Å². The number of hydrogen-bond acceptors (Lipinski definition) is 3. The zero-order chi connectivity index (χ0) is 16.0. The highest BCUT2D eigenvalue weighted by Crippen LogP contribution is 2.63. The lowest BCUT2D eigenvalue weighted by molar-refractivity contribution is 0.0258. The van der Waals surface area contributed by atoms with Gasteiger partial charge in [-0.15, -0.1) is 0 Å². The molecule has 1 saturated carbocycles. The number of hydrogen-bond donors (Lipinski definition) is 0. The van der Waals surface area contributed by atoms with Gasteiger partial charge in [0, 0.05) is 43.3 Å². The van der Waals surface area contributed by atoms with Crippen molar-refractivity contribution in [2.45, 2.75) is 18.9 Å². The minimum Gasteiger partial charge on any atom is -0.379 e.